The minimum atomic E-state index is -0.0871. The topological polar surface area (TPSA) is 8.17 Å². The van der Waals surface area contributed by atoms with Crippen LogP contribution in [-0.2, 0) is 18.3 Å². The van der Waals surface area contributed by atoms with E-state index < -0.39 is 0 Å². The Labute approximate surface area is 309 Å². The molecule has 250 valence electrons. The Balaban J connectivity index is 1.14. The molecule has 0 N–H and O–H groups in total. The molecule has 8 aromatic carbocycles. The molecular weight excluding hydrogens is 641 g/mol. The molecule has 0 fully saturated rings. The summed E-state index contributed by atoms with van der Waals surface area (Å²) in [6.07, 6.45) is 2.04. The van der Waals surface area contributed by atoms with Crippen LogP contribution in [0.5, 0.6) is 0 Å². The molecule has 0 aliphatic heterocycles. The standard InChI is InChI=1S/C51H36N2/c1-3-14-35(15-4-1)36-18-13-21-40(30-36)52(41-27-29-50-46(31-41)45-23-10-12-25-49(45)53(50)39-19-5-2-6-20-39)42-26-28-44-43-22-9-11-24-47(43)51(48(44)32-42)33-37-16-7-8-17-38(37)34-51/h1-32H,33-34H2. The summed E-state index contributed by atoms with van der Waals surface area (Å²) in [6.45, 7) is 0. The molecule has 11 rings (SSSR count). The molecule has 2 aliphatic carbocycles. The van der Waals surface area contributed by atoms with Gasteiger partial charge in [0.1, 0.15) is 0 Å². The monoisotopic (exact) mass is 676 g/mol. The van der Waals surface area contributed by atoms with Crippen molar-refractivity contribution in [2.24, 2.45) is 0 Å². The van der Waals surface area contributed by atoms with Gasteiger partial charge in [-0.05, 0) is 118 Å². The molecule has 0 unspecified atom stereocenters. The van der Waals surface area contributed by atoms with Crippen LogP contribution in [0.2, 0.25) is 0 Å². The van der Waals surface area contributed by atoms with Gasteiger partial charge in [-0.2, -0.15) is 0 Å². The summed E-state index contributed by atoms with van der Waals surface area (Å²) in [5.74, 6) is 0. The van der Waals surface area contributed by atoms with Gasteiger partial charge in [-0.25, -0.2) is 0 Å². The van der Waals surface area contributed by atoms with Gasteiger partial charge in [-0.1, -0.05) is 133 Å². The van der Waals surface area contributed by atoms with E-state index in [1.165, 1.54) is 77.7 Å². The fraction of sp³-hybridized carbons (Fsp3) is 0.0588. The van der Waals surface area contributed by atoms with Gasteiger partial charge in [0.15, 0.2) is 0 Å². The molecule has 2 heteroatoms. The summed E-state index contributed by atoms with van der Waals surface area (Å²) in [6, 6.07) is 71.6. The Kier molecular flexibility index (Phi) is 6.63. The van der Waals surface area contributed by atoms with E-state index in [0.717, 1.165) is 24.2 Å². The first kappa shape index (κ1) is 30.0. The number of anilines is 3. The predicted octanol–water partition coefficient (Wildman–Crippen LogP) is 13.0. The van der Waals surface area contributed by atoms with Crippen LogP contribution in [0.3, 0.4) is 0 Å². The van der Waals surface area contributed by atoms with Crippen LogP contribution >= 0.6 is 0 Å². The third kappa shape index (κ3) is 4.59. The Bertz CT molecular complexity index is 2820. The molecule has 1 aromatic heterocycles. The maximum atomic E-state index is 2.51. The Hall–Kier alpha value is -6.64. The van der Waals surface area contributed by atoms with Gasteiger partial charge in [0.2, 0.25) is 0 Å². The second kappa shape index (κ2) is 11.7. The van der Waals surface area contributed by atoms with Crippen LogP contribution < -0.4 is 4.90 Å². The minimum absolute atomic E-state index is 0.0871. The number of hydrogen-bond acceptors (Lipinski definition) is 1. The zero-order valence-corrected chi connectivity index (χ0v) is 29.3. The van der Waals surface area contributed by atoms with E-state index in [9.17, 15) is 0 Å². The molecule has 53 heavy (non-hydrogen) atoms. The van der Waals surface area contributed by atoms with Gasteiger partial charge >= 0.3 is 0 Å². The van der Waals surface area contributed by atoms with E-state index in [1.807, 2.05) is 0 Å². The quantitative estimate of drug-likeness (QED) is 0.176. The molecule has 9 aromatic rings. The SMILES string of the molecule is c1ccc(-c2cccc(N(c3ccc4c(c3)C3(Cc5ccccc5C3)c3ccccc3-4)c3ccc4c(c3)c3ccccc3n4-c3ccccc3)c2)cc1. The molecule has 0 atom stereocenters. The average Bonchev–Trinajstić information content (AvgIpc) is 3.87. The molecule has 0 bridgehead atoms. The first-order valence-corrected chi connectivity index (χ1v) is 18.6. The summed E-state index contributed by atoms with van der Waals surface area (Å²) < 4.78 is 2.39. The van der Waals surface area contributed by atoms with Crippen molar-refractivity contribution in [3.05, 3.63) is 216 Å². The van der Waals surface area contributed by atoms with E-state index in [4.69, 9.17) is 0 Å². The minimum Gasteiger partial charge on any atom is -0.310 e. The second-order valence-corrected chi connectivity index (χ2v) is 14.6. The molecule has 0 saturated heterocycles. The summed E-state index contributed by atoms with van der Waals surface area (Å²) in [4.78, 5) is 2.47. The van der Waals surface area contributed by atoms with Crippen LogP contribution in [0.1, 0.15) is 22.3 Å². The molecule has 2 nitrogen and oxygen atoms in total. The van der Waals surface area contributed by atoms with Crippen molar-refractivity contribution in [2.45, 2.75) is 18.3 Å². The summed E-state index contributed by atoms with van der Waals surface area (Å²) in [5, 5.41) is 2.49. The van der Waals surface area contributed by atoms with E-state index in [1.54, 1.807) is 0 Å². The average molecular weight is 677 g/mol. The highest BCUT2D eigenvalue weighted by Gasteiger charge is 2.47. The van der Waals surface area contributed by atoms with E-state index >= 15 is 0 Å². The van der Waals surface area contributed by atoms with Gasteiger partial charge in [-0.3, -0.25) is 0 Å². The first-order chi connectivity index (χ1) is 26.2. The largest absolute Gasteiger partial charge is 0.310 e. The molecule has 0 radical (unpaired) electrons. The van der Waals surface area contributed by atoms with Crippen molar-refractivity contribution in [3.8, 4) is 27.9 Å². The van der Waals surface area contributed by atoms with Crippen molar-refractivity contribution in [1.82, 2.24) is 4.57 Å². The lowest BCUT2D eigenvalue weighted by Crippen LogP contribution is -2.26. The lowest BCUT2D eigenvalue weighted by Gasteiger charge is -2.30. The maximum Gasteiger partial charge on any atom is 0.0542 e. The lowest BCUT2D eigenvalue weighted by atomic mass is 9.75. The van der Waals surface area contributed by atoms with E-state index in [0.29, 0.717) is 0 Å². The molecule has 1 heterocycles. The van der Waals surface area contributed by atoms with E-state index in [-0.39, 0.29) is 5.41 Å². The van der Waals surface area contributed by atoms with Crippen molar-refractivity contribution < 1.29 is 0 Å². The number of hydrogen-bond donors (Lipinski definition) is 0. The van der Waals surface area contributed by atoms with Crippen LogP contribution in [0.25, 0.3) is 49.7 Å². The van der Waals surface area contributed by atoms with Gasteiger partial charge in [0.05, 0.1) is 11.0 Å². The fourth-order valence-electron chi connectivity index (χ4n) is 9.44. The molecule has 0 amide bonds. The van der Waals surface area contributed by atoms with E-state index in [2.05, 4.69) is 204 Å². The van der Waals surface area contributed by atoms with Crippen molar-refractivity contribution in [2.75, 3.05) is 4.90 Å². The van der Waals surface area contributed by atoms with Gasteiger partial charge < -0.3 is 9.47 Å². The predicted molar refractivity (Wildman–Crippen MR) is 221 cm³/mol. The van der Waals surface area contributed by atoms with Crippen LogP contribution in [-0.4, -0.2) is 4.57 Å². The highest BCUT2D eigenvalue weighted by molar-refractivity contribution is 6.10. The number of para-hydroxylation sites is 2. The van der Waals surface area contributed by atoms with Crippen LogP contribution in [0.15, 0.2) is 194 Å². The summed E-state index contributed by atoms with van der Waals surface area (Å²) in [5.41, 5.74) is 17.9. The number of rotatable bonds is 5. The number of aromatic nitrogens is 1. The number of nitrogens with zero attached hydrogens (tertiary/aromatic N) is 2. The lowest BCUT2D eigenvalue weighted by molar-refractivity contribution is 0.563. The zero-order valence-electron chi connectivity index (χ0n) is 29.3. The number of benzene rings is 8. The zero-order chi connectivity index (χ0) is 34.9. The highest BCUT2D eigenvalue weighted by Crippen LogP contribution is 2.56. The molecular formula is C51H36N2. The molecule has 0 saturated carbocycles. The van der Waals surface area contributed by atoms with Gasteiger partial charge in [0, 0.05) is 38.9 Å². The van der Waals surface area contributed by atoms with Crippen LogP contribution in [0.4, 0.5) is 17.1 Å². The Morgan fingerprint density at radius 2 is 1.00 bits per heavy atom. The first-order valence-electron chi connectivity index (χ1n) is 18.6. The van der Waals surface area contributed by atoms with Crippen molar-refractivity contribution in [1.29, 1.82) is 0 Å². The Morgan fingerprint density at radius 3 is 1.83 bits per heavy atom. The highest BCUT2D eigenvalue weighted by atomic mass is 15.1. The van der Waals surface area contributed by atoms with Crippen LogP contribution in [0, 0.1) is 0 Å². The van der Waals surface area contributed by atoms with Gasteiger partial charge in [0.25, 0.3) is 0 Å². The Morgan fingerprint density at radius 1 is 0.396 bits per heavy atom. The summed E-state index contributed by atoms with van der Waals surface area (Å²) >= 11 is 0. The second-order valence-electron chi connectivity index (χ2n) is 14.6. The third-order valence-corrected chi connectivity index (χ3v) is 11.8. The summed E-state index contributed by atoms with van der Waals surface area (Å²) in [7, 11) is 0. The maximum absolute atomic E-state index is 2.51. The normalized spacial score (nSPS) is 13.7. The van der Waals surface area contributed by atoms with Crippen molar-refractivity contribution in [3.63, 3.8) is 0 Å². The van der Waals surface area contributed by atoms with Gasteiger partial charge in [-0.15, -0.1) is 0 Å². The van der Waals surface area contributed by atoms with Crippen molar-refractivity contribution >= 4 is 38.9 Å². The fourth-order valence-corrected chi connectivity index (χ4v) is 9.44. The molecule has 2 aliphatic rings. The third-order valence-electron chi connectivity index (χ3n) is 11.8. The smallest absolute Gasteiger partial charge is 0.0542 e. The number of fused-ring (bicyclic) bond motifs is 9. The molecule has 1 spiro atoms.